The van der Waals surface area contributed by atoms with Crippen LogP contribution in [0.2, 0.25) is 5.02 Å². The highest BCUT2D eigenvalue weighted by molar-refractivity contribution is 6.30. The van der Waals surface area contributed by atoms with Crippen molar-refractivity contribution < 1.29 is 13.9 Å². The minimum Gasteiger partial charge on any atom is -0.468 e. The Morgan fingerprint density at radius 1 is 1.32 bits per heavy atom. The van der Waals surface area contributed by atoms with E-state index in [-0.39, 0.29) is 0 Å². The topological polar surface area (TPSA) is 65.5 Å². The fraction of sp³-hybridized carbons (Fsp3) is 0.214. The van der Waals surface area contributed by atoms with Crippen LogP contribution in [-0.4, -0.2) is 19.1 Å². The van der Waals surface area contributed by atoms with Gasteiger partial charge in [0, 0.05) is 17.0 Å². The Balaban J connectivity index is 2.11. The third-order valence-electron chi connectivity index (χ3n) is 2.72. The zero-order valence-electron chi connectivity index (χ0n) is 10.4. The quantitative estimate of drug-likeness (QED) is 0.874. The average Bonchev–Trinajstić information content (AvgIpc) is 2.87. The summed E-state index contributed by atoms with van der Waals surface area (Å²) >= 11 is 5.83. The third kappa shape index (κ3) is 3.36. The van der Waals surface area contributed by atoms with E-state index in [1.807, 2.05) is 18.2 Å². The molecule has 5 heteroatoms. The molecule has 0 amide bonds. The predicted octanol–water partition coefficient (Wildman–Crippen LogP) is 2.64. The standard InChI is InChI=1S/C14H14ClNO3/c1-18-14(17)12(16)8-11-6-7-13(19-11)9-2-4-10(15)5-3-9/h2-7,12H,8,16H2,1H3. The van der Waals surface area contributed by atoms with E-state index >= 15 is 0 Å². The second-order valence-corrected chi connectivity index (χ2v) is 4.54. The Morgan fingerprint density at radius 2 is 2.00 bits per heavy atom. The van der Waals surface area contributed by atoms with E-state index in [0.717, 1.165) is 5.56 Å². The molecule has 2 N–H and O–H groups in total. The molecule has 100 valence electrons. The van der Waals surface area contributed by atoms with Gasteiger partial charge in [-0.05, 0) is 36.4 Å². The molecule has 0 spiro atoms. The monoisotopic (exact) mass is 279 g/mol. The number of halogens is 1. The fourth-order valence-electron chi connectivity index (χ4n) is 1.71. The SMILES string of the molecule is COC(=O)C(N)Cc1ccc(-c2ccc(Cl)cc2)o1. The first kappa shape index (κ1) is 13.6. The maximum Gasteiger partial charge on any atom is 0.323 e. The molecule has 19 heavy (non-hydrogen) atoms. The van der Waals surface area contributed by atoms with Gasteiger partial charge in [0.15, 0.2) is 0 Å². The number of carbonyl (C=O) groups is 1. The Kier molecular flexibility index (Phi) is 4.24. The second-order valence-electron chi connectivity index (χ2n) is 4.11. The van der Waals surface area contributed by atoms with Crippen molar-refractivity contribution in [1.29, 1.82) is 0 Å². The van der Waals surface area contributed by atoms with E-state index < -0.39 is 12.0 Å². The Bertz CT molecular complexity index is 562. The van der Waals surface area contributed by atoms with Crippen LogP contribution in [0.5, 0.6) is 0 Å². The van der Waals surface area contributed by atoms with Crippen molar-refractivity contribution in [2.45, 2.75) is 12.5 Å². The number of ether oxygens (including phenoxy) is 1. The van der Waals surface area contributed by atoms with E-state index in [1.165, 1.54) is 7.11 Å². The molecule has 0 saturated carbocycles. The molecule has 1 aromatic heterocycles. The number of benzene rings is 1. The molecule has 0 saturated heterocycles. The van der Waals surface area contributed by atoms with Crippen LogP contribution in [0, 0.1) is 0 Å². The van der Waals surface area contributed by atoms with Gasteiger partial charge < -0.3 is 14.9 Å². The summed E-state index contributed by atoms with van der Waals surface area (Å²) in [6, 6.07) is 10.2. The van der Waals surface area contributed by atoms with Crippen molar-refractivity contribution >= 4 is 17.6 Å². The maximum atomic E-state index is 11.2. The van der Waals surface area contributed by atoms with Crippen LogP contribution in [0.1, 0.15) is 5.76 Å². The smallest absolute Gasteiger partial charge is 0.323 e. The second kappa shape index (κ2) is 5.91. The summed E-state index contributed by atoms with van der Waals surface area (Å²) in [4.78, 5) is 11.2. The average molecular weight is 280 g/mol. The number of rotatable bonds is 4. The summed E-state index contributed by atoms with van der Waals surface area (Å²) in [5, 5.41) is 0.670. The van der Waals surface area contributed by atoms with Gasteiger partial charge in [-0.2, -0.15) is 0 Å². The highest BCUT2D eigenvalue weighted by atomic mass is 35.5. The van der Waals surface area contributed by atoms with Gasteiger partial charge >= 0.3 is 5.97 Å². The van der Waals surface area contributed by atoms with Gasteiger partial charge in [-0.15, -0.1) is 0 Å². The summed E-state index contributed by atoms with van der Waals surface area (Å²) in [5.41, 5.74) is 6.59. The van der Waals surface area contributed by atoms with Crippen LogP contribution in [-0.2, 0) is 16.0 Å². The van der Waals surface area contributed by atoms with Crippen molar-refractivity contribution in [2.24, 2.45) is 5.73 Å². The maximum absolute atomic E-state index is 11.2. The zero-order valence-corrected chi connectivity index (χ0v) is 11.2. The number of methoxy groups -OCH3 is 1. The minimum absolute atomic E-state index is 0.306. The molecule has 0 aliphatic rings. The normalized spacial score (nSPS) is 12.2. The Hall–Kier alpha value is -1.78. The van der Waals surface area contributed by atoms with Crippen LogP contribution in [0.15, 0.2) is 40.8 Å². The van der Waals surface area contributed by atoms with E-state index in [0.29, 0.717) is 23.0 Å². The summed E-state index contributed by atoms with van der Waals surface area (Å²) in [5.74, 6) is 0.899. The summed E-state index contributed by atoms with van der Waals surface area (Å²) in [6.45, 7) is 0. The van der Waals surface area contributed by atoms with E-state index in [4.69, 9.17) is 21.8 Å². The van der Waals surface area contributed by atoms with Crippen LogP contribution in [0.4, 0.5) is 0 Å². The Morgan fingerprint density at radius 3 is 2.63 bits per heavy atom. The number of hydrogen-bond acceptors (Lipinski definition) is 4. The number of esters is 1. The van der Waals surface area contributed by atoms with Crippen molar-refractivity contribution in [3.8, 4) is 11.3 Å². The molecule has 2 aromatic rings. The van der Waals surface area contributed by atoms with Gasteiger partial charge in [-0.25, -0.2) is 0 Å². The molecule has 2 rings (SSSR count). The summed E-state index contributed by atoms with van der Waals surface area (Å²) < 4.78 is 10.2. The molecule has 4 nitrogen and oxygen atoms in total. The lowest BCUT2D eigenvalue weighted by molar-refractivity contribution is -0.142. The Labute approximate surface area is 116 Å². The molecule has 0 bridgehead atoms. The van der Waals surface area contributed by atoms with Gasteiger partial charge in [-0.1, -0.05) is 11.6 Å². The van der Waals surface area contributed by atoms with Crippen molar-refractivity contribution in [1.82, 2.24) is 0 Å². The van der Waals surface area contributed by atoms with Crippen LogP contribution < -0.4 is 5.73 Å². The van der Waals surface area contributed by atoms with Crippen LogP contribution in [0.3, 0.4) is 0 Å². The summed E-state index contributed by atoms with van der Waals surface area (Å²) in [7, 11) is 1.31. The molecule has 1 atom stereocenters. The first-order valence-electron chi connectivity index (χ1n) is 5.78. The molecular formula is C14H14ClNO3. The van der Waals surface area contributed by atoms with Gasteiger partial charge in [0.2, 0.25) is 0 Å². The van der Waals surface area contributed by atoms with Gasteiger partial charge in [0.05, 0.1) is 7.11 Å². The molecule has 1 heterocycles. The molecule has 0 aliphatic carbocycles. The van der Waals surface area contributed by atoms with Gasteiger partial charge in [-0.3, -0.25) is 4.79 Å². The first-order chi connectivity index (χ1) is 9.10. The molecule has 1 aromatic carbocycles. The minimum atomic E-state index is -0.714. The van der Waals surface area contributed by atoms with Crippen LogP contribution in [0.25, 0.3) is 11.3 Å². The molecule has 1 unspecified atom stereocenters. The van der Waals surface area contributed by atoms with Gasteiger partial charge in [0.25, 0.3) is 0 Å². The van der Waals surface area contributed by atoms with E-state index in [9.17, 15) is 4.79 Å². The number of carbonyl (C=O) groups excluding carboxylic acids is 1. The summed E-state index contributed by atoms with van der Waals surface area (Å²) in [6.07, 6.45) is 0.306. The molecule has 0 fully saturated rings. The molecule has 0 aliphatic heterocycles. The van der Waals surface area contributed by atoms with E-state index in [1.54, 1.807) is 18.2 Å². The largest absolute Gasteiger partial charge is 0.468 e. The highest BCUT2D eigenvalue weighted by Crippen LogP contribution is 2.24. The number of furan rings is 1. The number of nitrogens with two attached hydrogens (primary N) is 1. The van der Waals surface area contributed by atoms with Gasteiger partial charge in [0.1, 0.15) is 17.6 Å². The third-order valence-corrected chi connectivity index (χ3v) is 2.97. The lowest BCUT2D eigenvalue weighted by atomic mass is 10.2. The predicted molar refractivity (Wildman–Crippen MR) is 72.8 cm³/mol. The highest BCUT2D eigenvalue weighted by Gasteiger charge is 2.16. The number of hydrogen-bond donors (Lipinski definition) is 1. The van der Waals surface area contributed by atoms with E-state index in [2.05, 4.69) is 4.74 Å². The molecule has 0 radical (unpaired) electrons. The van der Waals surface area contributed by atoms with Crippen LogP contribution >= 0.6 is 11.6 Å². The van der Waals surface area contributed by atoms with Crippen molar-refractivity contribution in [2.75, 3.05) is 7.11 Å². The first-order valence-corrected chi connectivity index (χ1v) is 6.16. The zero-order chi connectivity index (χ0) is 13.8. The molecular weight excluding hydrogens is 266 g/mol. The fourth-order valence-corrected chi connectivity index (χ4v) is 1.83. The van der Waals surface area contributed by atoms with Crippen molar-refractivity contribution in [3.05, 3.63) is 47.2 Å². The lowest BCUT2D eigenvalue weighted by Crippen LogP contribution is -2.33. The lowest BCUT2D eigenvalue weighted by Gasteiger charge is -2.06. The van der Waals surface area contributed by atoms with Crippen molar-refractivity contribution in [3.63, 3.8) is 0 Å².